The average Bonchev–Trinajstić information content (AvgIpc) is 3.03. The molecule has 0 radical (unpaired) electrons. The van der Waals surface area contributed by atoms with Gasteiger partial charge in [0.15, 0.2) is 5.82 Å². The van der Waals surface area contributed by atoms with Gasteiger partial charge in [-0.05, 0) is 25.2 Å². The van der Waals surface area contributed by atoms with Crippen LogP contribution in [0.3, 0.4) is 0 Å². The van der Waals surface area contributed by atoms with Crippen molar-refractivity contribution in [2.24, 2.45) is 11.8 Å². The molecule has 6 heteroatoms. The van der Waals surface area contributed by atoms with E-state index in [0.29, 0.717) is 31.6 Å². The molecule has 0 unspecified atom stereocenters. The summed E-state index contributed by atoms with van der Waals surface area (Å²) >= 11 is 0. The standard InChI is InChI=1S/C17H27N3O3/c1-12(2)10-23-17-9-18-8-16(19-17)20-6-3-4-14(20)13-11-22-7-5-15(13)21/h8-9,12-15,21H,3-7,10-11H2,1-2H3/t13-,14+,15-/m0/s1. The first-order valence-electron chi connectivity index (χ1n) is 8.62. The molecule has 2 aliphatic heterocycles. The first-order valence-corrected chi connectivity index (χ1v) is 8.62. The molecule has 0 spiro atoms. The number of aliphatic hydroxyl groups excluding tert-OH is 1. The van der Waals surface area contributed by atoms with E-state index in [0.717, 1.165) is 31.6 Å². The van der Waals surface area contributed by atoms with Crippen molar-refractivity contribution in [1.82, 2.24) is 9.97 Å². The van der Waals surface area contributed by atoms with Crippen LogP contribution in [0.4, 0.5) is 5.82 Å². The van der Waals surface area contributed by atoms with Gasteiger partial charge in [0.25, 0.3) is 0 Å². The third kappa shape index (κ3) is 3.93. The minimum absolute atomic E-state index is 0.147. The maximum Gasteiger partial charge on any atom is 0.234 e. The third-order valence-electron chi connectivity index (χ3n) is 4.61. The van der Waals surface area contributed by atoms with Crippen molar-refractivity contribution in [3.63, 3.8) is 0 Å². The van der Waals surface area contributed by atoms with Crippen molar-refractivity contribution in [3.8, 4) is 5.88 Å². The van der Waals surface area contributed by atoms with Gasteiger partial charge in [-0.2, -0.15) is 4.98 Å². The lowest BCUT2D eigenvalue weighted by Crippen LogP contribution is -2.46. The Kier molecular flexibility index (Phi) is 5.33. The Hall–Kier alpha value is -1.40. The van der Waals surface area contributed by atoms with Gasteiger partial charge in [0.05, 0.1) is 31.7 Å². The Bertz CT molecular complexity index is 512. The highest BCUT2D eigenvalue weighted by atomic mass is 16.5. The van der Waals surface area contributed by atoms with E-state index in [1.165, 1.54) is 0 Å². The third-order valence-corrected chi connectivity index (χ3v) is 4.61. The molecule has 0 aliphatic carbocycles. The predicted octanol–water partition coefficient (Wildman–Crippen LogP) is 1.88. The molecule has 3 heterocycles. The van der Waals surface area contributed by atoms with Crippen LogP contribution in [0.5, 0.6) is 5.88 Å². The molecule has 1 aromatic rings. The Labute approximate surface area is 137 Å². The van der Waals surface area contributed by atoms with E-state index in [1.54, 1.807) is 12.4 Å². The van der Waals surface area contributed by atoms with E-state index in [2.05, 4.69) is 28.7 Å². The van der Waals surface area contributed by atoms with Gasteiger partial charge in [-0.15, -0.1) is 0 Å². The zero-order chi connectivity index (χ0) is 16.2. The molecule has 2 aliphatic rings. The van der Waals surface area contributed by atoms with E-state index in [9.17, 15) is 5.11 Å². The Morgan fingerprint density at radius 2 is 2.26 bits per heavy atom. The van der Waals surface area contributed by atoms with Gasteiger partial charge < -0.3 is 19.5 Å². The first kappa shape index (κ1) is 16.5. The number of aromatic nitrogens is 2. The second kappa shape index (κ2) is 7.45. The van der Waals surface area contributed by atoms with Crippen LogP contribution in [0.25, 0.3) is 0 Å². The molecule has 23 heavy (non-hydrogen) atoms. The highest BCUT2D eigenvalue weighted by Gasteiger charge is 2.38. The first-order chi connectivity index (χ1) is 11.1. The molecule has 0 saturated carbocycles. The number of rotatable bonds is 5. The van der Waals surface area contributed by atoms with Crippen LogP contribution in [0.1, 0.15) is 33.1 Å². The zero-order valence-corrected chi connectivity index (χ0v) is 14.0. The lowest BCUT2D eigenvalue weighted by atomic mass is 9.89. The fraction of sp³-hybridized carbons (Fsp3) is 0.765. The van der Waals surface area contributed by atoms with Crippen LogP contribution in [-0.4, -0.2) is 53.6 Å². The van der Waals surface area contributed by atoms with E-state index in [-0.39, 0.29) is 18.1 Å². The van der Waals surface area contributed by atoms with Crippen LogP contribution in [0.15, 0.2) is 12.4 Å². The van der Waals surface area contributed by atoms with E-state index >= 15 is 0 Å². The molecule has 0 aromatic carbocycles. The van der Waals surface area contributed by atoms with Gasteiger partial charge >= 0.3 is 0 Å². The summed E-state index contributed by atoms with van der Waals surface area (Å²) in [6.07, 6.45) is 6.05. The molecule has 0 amide bonds. The summed E-state index contributed by atoms with van der Waals surface area (Å²) in [6, 6.07) is 0.264. The normalized spacial score (nSPS) is 28.3. The predicted molar refractivity (Wildman–Crippen MR) is 87.7 cm³/mol. The van der Waals surface area contributed by atoms with Crippen molar-refractivity contribution in [2.45, 2.75) is 45.3 Å². The second-order valence-electron chi connectivity index (χ2n) is 6.92. The van der Waals surface area contributed by atoms with Crippen LogP contribution >= 0.6 is 0 Å². The van der Waals surface area contributed by atoms with Gasteiger partial charge in [0, 0.05) is 25.1 Å². The van der Waals surface area contributed by atoms with Crippen LogP contribution in [-0.2, 0) is 4.74 Å². The van der Waals surface area contributed by atoms with Crippen molar-refractivity contribution in [2.75, 3.05) is 31.3 Å². The smallest absolute Gasteiger partial charge is 0.234 e. The fourth-order valence-electron chi connectivity index (χ4n) is 3.44. The monoisotopic (exact) mass is 321 g/mol. The number of anilines is 1. The summed E-state index contributed by atoms with van der Waals surface area (Å²) in [7, 11) is 0. The fourth-order valence-corrected chi connectivity index (χ4v) is 3.44. The maximum absolute atomic E-state index is 10.3. The van der Waals surface area contributed by atoms with Crippen LogP contribution < -0.4 is 9.64 Å². The molecule has 3 rings (SSSR count). The molecule has 128 valence electrons. The van der Waals surface area contributed by atoms with Gasteiger partial charge in [0.1, 0.15) is 0 Å². The minimum atomic E-state index is -0.289. The summed E-state index contributed by atoms with van der Waals surface area (Å²) in [5.74, 6) is 2.01. The summed E-state index contributed by atoms with van der Waals surface area (Å²) < 4.78 is 11.3. The lowest BCUT2D eigenvalue weighted by molar-refractivity contribution is -0.0438. The van der Waals surface area contributed by atoms with E-state index in [1.807, 2.05) is 0 Å². The molecular weight excluding hydrogens is 294 g/mol. The summed E-state index contributed by atoms with van der Waals surface area (Å²) in [4.78, 5) is 11.2. The van der Waals surface area contributed by atoms with Crippen molar-refractivity contribution in [1.29, 1.82) is 0 Å². The SMILES string of the molecule is CC(C)COc1cncc(N2CCC[C@@H]2[C@@H]2COCC[C@@H]2O)n1. The van der Waals surface area contributed by atoms with Gasteiger partial charge in [-0.25, -0.2) is 0 Å². The Morgan fingerprint density at radius 1 is 1.39 bits per heavy atom. The van der Waals surface area contributed by atoms with Crippen molar-refractivity contribution < 1.29 is 14.6 Å². The molecule has 1 aromatic heterocycles. The summed E-state index contributed by atoms with van der Waals surface area (Å²) in [5.41, 5.74) is 0. The van der Waals surface area contributed by atoms with Gasteiger partial charge in [-0.1, -0.05) is 13.8 Å². The van der Waals surface area contributed by atoms with Crippen LogP contribution in [0, 0.1) is 11.8 Å². The highest BCUT2D eigenvalue weighted by molar-refractivity contribution is 5.41. The highest BCUT2D eigenvalue weighted by Crippen LogP contribution is 2.33. The molecule has 2 saturated heterocycles. The quantitative estimate of drug-likeness (QED) is 0.893. The second-order valence-corrected chi connectivity index (χ2v) is 6.92. The maximum atomic E-state index is 10.3. The number of hydrogen-bond donors (Lipinski definition) is 1. The van der Waals surface area contributed by atoms with E-state index in [4.69, 9.17) is 9.47 Å². The molecule has 1 N–H and O–H groups in total. The van der Waals surface area contributed by atoms with Crippen molar-refractivity contribution in [3.05, 3.63) is 12.4 Å². The summed E-state index contributed by atoms with van der Waals surface area (Å²) in [6.45, 7) is 7.07. The molecule has 3 atom stereocenters. The number of hydrogen-bond acceptors (Lipinski definition) is 6. The average molecular weight is 321 g/mol. The molecule has 0 bridgehead atoms. The van der Waals surface area contributed by atoms with E-state index < -0.39 is 0 Å². The molecule has 6 nitrogen and oxygen atoms in total. The number of aliphatic hydroxyl groups is 1. The van der Waals surface area contributed by atoms with Crippen molar-refractivity contribution >= 4 is 5.82 Å². The lowest BCUT2D eigenvalue weighted by Gasteiger charge is -2.37. The largest absolute Gasteiger partial charge is 0.476 e. The van der Waals surface area contributed by atoms with Gasteiger partial charge in [-0.3, -0.25) is 4.98 Å². The zero-order valence-electron chi connectivity index (χ0n) is 14.0. The van der Waals surface area contributed by atoms with Crippen LogP contribution in [0.2, 0.25) is 0 Å². The minimum Gasteiger partial charge on any atom is -0.476 e. The Balaban J connectivity index is 1.73. The molecule has 2 fully saturated rings. The van der Waals surface area contributed by atoms with Gasteiger partial charge in [0.2, 0.25) is 5.88 Å². The summed E-state index contributed by atoms with van der Waals surface area (Å²) in [5, 5.41) is 10.3. The number of ether oxygens (including phenoxy) is 2. The number of nitrogens with zero attached hydrogens (tertiary/aromatic N) is 3. The topological polar surface area (TPSA) is 67.7 Å². The molecular formula is C17H27N3O3. The Morgan fingerprint density at radius 3 is 3.04 bits per heavy atom.